The number of methoxy groups -OCH3 is 2. The summed E-state index contributed by atoms with van der Waals surface area (Å²) in [5, 5.41) is 0. The van der Waals surface area contributed by atoms with E-state index in [4.69, 9.17) is 21.1 Å². The van der Waals surface area contributed by atoms with E-state index in [0.717, 1.165) is 22.6 Å². The lowest BCUT2D eigenvalue weighted by atomic mass is 9.92. The van der Waals surface area contributed by atoms with Gasteiger partial charge in [-0.05, 0) is 19.3 Å². The molecule has 3 rings (SSSR count). The van der Waals surface area contributed by atoms with Gasteiger partial charge >= 0.3 is 0 Å². The Balaban J connectivity index is 2.21. The van der Waals surface area contributed by atoms with Crippen LogP contribution in [-0.4, -0.2) is 23.8 Å². The maximum atomic E-state index is 6.03. The second-order valence-corrected chi connectivity index (χ2v) is 5.08. The van der Waals surface area contributed by atoms with Gasteiger partial charge in [0.1, 0.15) is 5.82 Å². The quantitative estimate of drug-likeness (QED) is 0.804. The van der Waals surface area contributed by atoms with Gasteiger partial charge in [-0.25, -0.2) is 4.98 Å². The minimum absolute atomic E-state index is 0.426. The summed E-state index contributed by atoms with van der Waals surface area (Å²) >= 11 is 6.03. The number of imidazole rings is 1. The van der Waals surface area contributed by atoms with Crippen LogP contribution in [0.3, 0.4) is 0 Å². The molecule has 0 amide bonds. The van der Waals surface area contributed by atoms with E-state index < -0.39 is 0 Å². The molecule has 0 radical (unpaired) electrons. The van der Waals surface area contributed by atoms with E-state index >= 15 is 0 Å². The molecule has 1 aliphatic carbocycles. The van der Waals surface area contributed by atoms with Crippen molar-refractivity contribution in [2.24, 2.45) is 0 Å². The van der Waals surface area contributed by atoms with Crippen LogP contribution in [0.15, 0.2) is 12.1 Å². The Morgan fingerprint density at radius 3 is 2.47 bits per heavy atom. The molecule has 0 bridgehead atoms. The van der Waals surface area contributed by atoms with Crippen LogP contribution in [-0.2, 0) is 5.88 Å². The highest BCUT2D eigenvalue weighted by atomic mass is 35.5. The first-order chi connectivity index (χ1) is 9.28. The van der Waals surface area contributed by atoms with Crippen molar-refractivity contribution in [1.82, 2.24) is 9.55 Å². The second kappa shape index (κ2) is 4.93. The van der Waals surface area contributed by atoms with Crippen molar-refractivity contribution in [3.05, 3.63) is 18.0 Å². The maximum absolute atomic E-state index is 6.03. The molecule has 0 N–H and O–H groups in total. The van der Waals surface area contributed by atoms with Gasteiger partial charge in [0.15, 0.2) is 11.5 Å². The Bertz CT molecular complexity index is 605. The number of benzene rings is 1. The molecule has 1 aromatic heterocycles. The average Bonchev–Trinajstić information content (AvgIpc) is 2.73. The molecule has 19 heavy (non-hydrogen) atoms. The number of hydrogen-bond acceptors (Lipinski definition) is 3. The van der Waals surface area contributed by atoms with Crippen LogP contribution < -0.4 is 9.47 Å². The molecule has 1 fully saturated rings. The summed E-state index contributed by atoms with van der Waals surface area (Å²) in [6.07, 6.45) is 3.67. The van der Waals surface area contributed by atoms with Gasteiger partial charge in [0.05, 0.1) is 31.1 Å². The first kappa shape index (κ1) is 12.6. The molecule has 2 aromatic rings. The highest BCUT2D eigenvalue weighted by molar-refractivity contribution is 6.16. The van der Waals surface area contributed by atoms with E-state index in [1.807, 2.05) is 12.1 Å². The van der Waals surface area contributed by atoms with Gasteiger partial charge in [0, 0.05) is 18.2 Å². The number of halogens is 1. The van der Waals surface area contributed by atoms with E-state index in [-0.39, 0.29) is 0 Å². The molecular weight excluding hydrogens is 264 g/mol. The number of hydrogen-bond donors (Lipinski definition) is 0. The van der Waals surface area contributed by atoms with Crippen molar-refractivity contribution in [2.45, 2.75) is 31.2 Å². The summed E-state index contributed by atoms with van der Waals surface area (Å²) in [5.74, 6) is 2.79. The molecule has 102 valence electrons. The lowest BCUT2D eigenvalue weighted by Gasteiger charge is -2.29. The fourth-order valence-electron chi connectivity index (χ4n) is 2.62. The van der Waals surface area contributed by atoms with E-state index in [9.17, 15) is 0 Å². The van der Waals surface area contributed by atoms with Gasteiger partial charge in [-0.15, -0.1) is 11.6 Å². The lowest BCUT2D eigenvalue weighted by Crippen LogP contribution is -2.18. The molecule has 4 nitrogen and oxygen atoms in total. The number of alkyl halides is 1. The van der Waals surface area contributed by atoms with Gasteiger partial charge in [-0.2, -0.15) is 0 Å². The van der Waals surface area contributed by atoms with Crippen LogP contribution in [0.2, 0.25) is 0 Å². The molecule has 0 atom stereocenters. The van der Waals surface area contributed by atoms with Crippen molar-refractivity contribution in [3.8, 4) is 11.5 Å². The van der Waals surface area contributed by atoms with E-state index in [1.54, 1.807) is 14.2 Å². The minimum atomic E-state index is 0.426. The number of aromatic nitrogens is 2. The van der Waals surface area contributed by atoms with Crippen molar-refractivity contribution >= 4 is 22.6 Å². The van der Waals surface area contributed by atoms with Crippen LogP contribution in [0.25, 0.3) is 11.0 Å². The van der Waals surface area contributed by atoms with Crippen LogP contribution in [0.5, 0.6) is 11.5 Å². The van der Waals surface area contributed by atoms with E-state index in [0.29, 0.717) is 17.7 Å². The van der Waals surface area contributed by atoms with Crippen molar-refractivity contribution in [1.29, 1.82) is 0 Å². The van der Waals surface area contributed by atoms with Gasteiger partial charge in [-0.3, -0.25) is 0 Å². The lowest BCUT2D eigenvalue weighted by molar-refractivity contribution is 0.314. The summed E-state index contributed by atoms with van der Waals surface area (Å²) in [6, 6.07) is 4.44. The third kappa shape index (κ3) is 1.94. The number of rotatable bonds is 4. The fourth-order valence-corrected chi connectivity index (χ4v) is 2.81. The number of ether oxygens (including phenoxy) is 2. The summed E-state index contributed by atoms with van der Waals surface area (Å²) in [4.78, 5) is 4.61. The molecule has 0 aliphatic heterocycles. The summed E-state index contributed by atoms with van der Waals surface area (Å²) in [7, 11) is 3.28. The Kier molecular flexibility index (Phi) is 3.27. The molecule has 1 saturated carbocycles. The zero-order chi connectivity index (χ0) is 13.4. The average molecular weight is 281 g/mol. The largest absolute Gasteiger partial charge is 0.493 e. The Morgan fingerprint density at radius 1 is 1.26 bits per heavy atom. The van der Waals surface area contributed by atoms with Gasteiger partial charge in [-0.1, -0.05) is 0 Å². The zero-order valence-corrected chi connectivity index (χ0v) is 11.9. The first-order valence-electron chi connectivity index (χ1n) is 6.47. The first-order valence-corrected chi connectivity index (χ1v) is 7.00. The maximum Gasteiger partial charge on any atom is 0.163 e. The topological polar surface area (TPSA) is 36.3 Å². The Hall–Kier alpha value is -1.42. The molecule has 0 unspecified atom stereocenters. The van der Waals surface area contributed by atoms with Crippen molar-refractivity contribution < 1.29 is 9.47 Å². The van der Waals surface area contributed by atoms with Crippen LogP contribution in [0.1, 0.15) is 31.1 Å². The Labute approximate surface area is 117 Å². The normalized spacial score (nSPS) is 15.5. The highest BCUT2D eigenvalue weighted by Crippen LogP contribution is 2.39. The van der Waals surface area contributed by atoms with Gasteiger partial charge in [0.2, 0.25) is 0 Å². The minimum Gasteiger partial charge on any atom is -0.493 e. The predicted molar refractivity (Wildman–Crippen MR) is 75.3 cm³/mol. The van der Waals surface area contributed by atoms with Crippen LogP contribution >= 0.6 is 11.6 Å². The Morgan fingerprint density at radius 2 is 1.95 bits per heavy atom. The third-order valence-electron chi connectivity index (χ3n) is 3.83. The monoisotopic (exact) mass is 280 g/mol. The highest BCUT2D eigenvalue weighted by Gasteiger charge is 2.25. The molecular formula is C14H17ClN2O2. The third-order valence-corrected chi connectivity index (χ3v) is 4.07. The second-order valence-electron chi connectivity index (χ2n) is 4.81. The molecule has 1 aliphatic rings. The van der Waals surface area contributed by atoms with Crippen molar-refractivity contribution in [2.75, 3.05) is 14.2 Å². The van der Waals surface area contributed by atoms with E-state index in [1.165, 1.54) is 19.3 Å². The predicted octanol–water partition coefficient (Wildman–Crippen LogP) is 3.52. The zero-order valence-electron chi connectivity index (χ0n) is 11.1. The summed E-state index contributed by atoms with van der Waals surface area (Å²) in [5.41, 5.74) is 2.00. The molecule has 1 heterocycles. The van der Waals surface area contributed by atoms with Crippen LogP contribution in [0, 0.1) is 0 Å². The SMILES string of the molecule is COc1cc2nc(CCl)n(C3CCC3)c2cc1OC. The van der Waals surface area contributed by atoms with Gasteiger partial charge < -0.3 is 14.0 Å². The summed E-state index contributed by atoms with van der Waals surface area (Å²) < 4.78 is 13.0. The summed E-state index contributed by atoms with van der Waals surface area (Å²) in [6.45, 7) is 0. The smallest absolute Gasteiger partial charge is 0.163 e. The standard InChI is InChI=1S/C14H17ClN2O2/c1-18-12-6-10-11(7-13(12)19-2)17(9-4-3-5-9)14(8-15)16-10/h6-7,9H,3-5,8H2,1-2H3. The molecule has 1 aromatic carbocycles. The van der Waals surface area contributed by atoms with Crippen LogP contribution in [0.4, 0.5) is 0 Å². The molecule has 5 heteroatoms. The number of nitrogens with zero attached hydrogens (tertiary/aromatic N) is 2. The van der Waals surface area contributed by atoms with Crippen molar-refractivity contribution in [3.63, 3.8) is 0 Å². The molecule has 0 saturated heterocycles. The molecule has 0 spiro atoms. The van der Waals surface area contributed by atoms with Gasteiger partial charge in [0.25, 0.3) is 0 Å². The fraction of sp³-hybridized carbons (Fsp3) is 0.500. The van der Waals surface area contributed by atoms with E-state index in [2.05, 4.69) is 9.55 Å². The number of fused-ring (bicyclic) bond motifs is 1.